The quantitative estimate of drug-likeness (QED) is 0.602. The molecule has 0 atom stereocenters. The van der Waals surface area contributed by atoms with Crippen LogP contribution in [0.2, 0.25) is 0 Å². The van der Waals surface area contributed by atoms with Gasteiger partial charge in [-0.3, -0.25) is 4.79 Å². The van der Waals surface area contributed by atoms with Crippen LogP contribution in [0.25, 0.3) is 0 Å². The predicted octanol–water partition coefficient (Wildman–Crippen LogP) is 1.30. The molecule has 0 aromatic heterocycles. The van der Waals surface area contributed by atoms with Gasteiger partial charge in [-0.1, -0.05) is 0 Å². The highest BCUT2D eigenvalue weighted by Gasteiger charge is 2.12. The first kappa shape index (κ1) is 11.4. The number of esters is 1. The van der Waals surface area contributed by atoms with Crippen molar-refractivity contribution in [2.45, 2.75) is 13.3 Å². The van der Waals surface area contributed by atoms with Gasteiger partial charge in [0.2, 0.25) is 0 Å². The highest BCUT2D eigenvalue weighted by atomic mass is 16.5. The van der Waals surface area contributed by atoms with Crippen LogP contribution in [0.15, 0.2) is 12.1 Å². The summed E-state index contributed by atoms with van der Waals surface area (Å²) in [4.78, 5) is 11.2. The first-order valence-corrected chi connectivity index (χ1v) is 4.58. The molecule has 2 N–H and O–H groups in total. The van der Waals surface area contributed by atoms with Crippen molar-refractivity contribution in [1.29, 1.82) is 0 Å². The Hall–Kier alpha value is -1.71. The number of benzene rings is 1. The Morgan fingerprint density at radius 3 is 2.60 bits per heavy atom. The van der Waals surface area contributed by atoms with E-state index in [2.05, 4.69) is 4.74 Å². The molecule has 0 saturated heterocycles. The zero-order chi connectivity index (χ0) is 11.4. The topological polar surface area (TPSA) is 61.5 Å². The van der Waals surface area contributed by atoms with E-state index in [9.17, 15) is 4.79 Å². The Kier molecular flexibility index (Phi) is 3.55. The minimum Gasteiger partial charge on any atom is -0.496 e. The van der Waals surface area contributed by atoms with Crippen LogP contribution < -0.4 is 10.5 Å². The maximum Gasteiger partial charge on any atom is 0.310 e. The first-order valence-electron chi connectivity index (χ1n) is 4.58. The van der Waals surface area contributed by atoms with E-state index in [1.54, 1.807) is 19.2 Å². The number of ether oxygens (including phenoxy) is 2. The van der Waals surface area contributed by atoms with Crippen molar-refractivity contribution in [2.24, 2.45) is 0 Å². The van der Waals surface area contributed by atoms with Gasteiger partial charge in [0.25, 0.3) is 0 Å². The number of aryl methyl sites for hydroxylation is 1. The number of nitrogen functional groups attached to an aromatic ring is 1. The van der Waals surface area contributed by atoms with E-state index in [1.807, 2.05) is 6.92 Å². The molecule has 0 fully saturated rings. The number of hydrogen-bond donors (Lipinski definition) is 1. The number of nitrogens with two attached hydrogens (primary N) is 1. The van der Waals surface area contributed by atoms with Gasteiger partial charge in [-0.05, 0) is 18.6 Å². The Morgan fingerprint density at radius 2 is 2.07 bits per heavy atom. The zero-order valence-corrected chi connectivity index (χ0v) is 9.16. The van der Waals surface area contributed by atoms with Crippen molar-refractivity contribution in [2.75, 3.05) is 20.0 Å². The van der Waals surface area contributed by atoms with Crippen molar-refractivity contribution >= 4 is 11.7 Å². The molecule has 4 nitrogen and oxygen atoms in total. The Morgan fingerprint density at radius 1 is 1.40 bits per heavy atom. The third-order valence-electron chi connectivity index (χ3n) is 2.22. The normalized spacial score (nSPS) is 9.80. The fourth-order valence-electron chi connectivity index (χ4n) is 1.44. The van der Waals surface area contributed by atoms with E-state index in [1.165, 1.54) is 7.11 Å². The number of anilines is 1. The Labute approximate surface area is 89.0 Å². The summed E-state index contributed by atoms with van der Waals surface area (Å²) < 4.78 is 9.78. The third-order valence-corrected chi connectivity index (χ3v) is 2.22. The third kappa shape index (κ3) is 2.62. The second-order valence-electron chi connectivity index (χ2n) is 3.27. The SMILES string of the molecule is COC(=O)Cc1c(C)cc(N)cc1OC. The molecule has 0 aliphatic carbocycles. The van der Waals surface area contributed by atoms with Crippen LogP contribution in [-0.2, 0) is 16.0 Å². The van der Waals surface area contributed by atoms with Gasteiger partial charge >= 0.3 is 5.97 Å². The molecule has 1 rings (SSSR count). The molecular formula is C11H15NO3. The molecule has 0 spiro atoms. The van der Waals surface area contributed by atoms with Gasteiger partial charge in [0.15, 0.2) is 0 Å². The van der Waals surface area contributed by atoms with Crippen LogP contribution >= 0.6 is 0 Å². The van der Waals surface area contributed by atoms with Crippen molar-refractivity contribution in [3.05, 3.63) is 23.3 Å². The molecule has 82 valence electrons. The van der Waals surface area contributed by atoms with Crippen molar-refractivity contribution < 1.29 is 14.3 Å². The van der Waals surface area contributed by atoms with Crippen LogP contribution in [0.1, 0.15) is 11.1 Å². The molecule has 0 amide bonds. The maximum absolute atomic E-state index is 11.2. The van der Waals surface area contributed by atoms with Gasteiger partial charge in [-0.25, -0.2) is 0 Å². The van der Waals surface area contributed by atoms with Crippen LogP contribution in [0, 0.1) is 6.92 Å². The number of methoxy groups -OCH3 is 2. The Bertz CT molecular complexity index is 374. The van der Waals surface area contributed by atoms with E-state index in [0.29, 0.717) is 11.4 Å². The second-order valence-corrected chi connectivity index (χ2v) is 3.27. The van der Waals surface area contributed by atoms with Crippen molar-refractivity contribution in [3.8, 4) is 5.75 Å². The summed E-state index contributed by atoms with van der Waals surface area (Å²) in [6, 6.07) is 3.51. The summed E-state index contributed by atoms with van der Waals surface area (Å²) in [5.74, 6) is 0.332. The first-order chi connectivity index (χ1) is 7.08. The summed E-state index contributed by atoms with van der Waals surface area (Å²) in [7, 11) is 2.91. The smallest absolute Gasteiger partial charge is 0.310 e. The number of rotatable bonds is 3. The van der Waals surface area contributed by atoms with Crippen LogP contribution in [0.4, 0.5) is 5.69 Å². The lowest BCUT2D eigenvalue weighted by molar-refractivity contribution is -0.139. The molecule has 0 aliphatic heterocycles. The summed E-state index contributed by atoms with van der Waals surface area (Å²) in [6.45, 7) is 1.89. The standard InChI is InChI=1S/C11H15NO3/c1-7-4-8(12)5-10(14-2)9(7)6-11(13)15-3/h4-5H,6,12H2,1-3H3. The maximum atomic E-state index is 11.2. The molecule has 0 radical (unpaired) electrons. The van der Waals surface area contributed by atoms with E-state index in [-0.39, 0.29) is 12.4 Å². The molecule has 1 aromatic carbocycles. The highest BCUT2D eigenvalue weighted by molar-refractivity contribution is 5.74. The van der Waals surface area contributed by atoms with Crippen molar-refractivity contribution in [1.82, 2.24) is 0 Å². The molecule has 0 saturated carbocycles. The minimum atomic E-state index is -0.291. The van der Waals surface area contributed by atoms with Crippen LogP contribution in [0.5, 0.6) is 5.75 Å². The lowest BCUT2D eigenvalue weighted by Crippen LogP contribution is -2.08. The average molecular weight is 209 g/mol. The van der Waals surface area contributed by atoms with E-state index in [4.69, 9.17) is 10.5 Å². The van der Waals surface area contributed by atoms with Gasteiger partial charge in [-0.15, -0.1) is 0 Å². The van der Waals surface area contributed by atoms with Gasteiger partial charge in [-0.2, -0.15) is 0 Å². The van der Waals surface area contributed by atoms with Gasteiger partial charge in [0.05, 0.1) is 20.6 Å². The average Bonchev–Trinajstić information content (AvgIpc) is 2.21. The fraction of sp³-hybridized carbons (Fsp3) is 0.364. The predicted molar refractivity (Wildman–Crippen MR) is 57.9 cm³/mol. The van der Waals surface area contributed by atoms with Gasteiger partial charge in [0.1, 0.15) is 5.75 Å². The minimum absolute atomic E-state index is 0.200. The van der Waals surface area contributed by atoms with Gasteiger partial charge < -0.3 is 15.2 Å². The molecular weight excluding hydrogens is 194 g/mol. The van der Waals surface area contributed by atoms with E-state index >= 15 is 0 Å². The van der Waals surface area contributed by atoms with Crippen molar-refractivity contribution in [3.63, 3.8) is 0 Å². The summed E-state index contributed by atoms with van der Waals surface area (Å²) in [5.41, 5.74) is 8.04. The summed E-state index contributed by atoms with van der Waals surface area (Å²) >= 11 is 0. The zero-order valence-electron chi connectivity index (χ0n) is 9.16. The molecule has 0 heterocycles. The monoisotopic (exact) mass is 209 g/mol. The number of hydrogen-bond acceptors (Lipinski definition) is 4. The molecule has 1 aromatic rings. The van der Waals surface area contributed by atoms with Crippen LogP contribution in [0.3, 0.4) is 0 Å². The highest BCUT2D eigenvalue weighted by Crippen LogP contribution is 2.26. The molecule has 15 heavy (non-hydrogen) atoms. The van der Waals surface area contributed by atoms with E-state index in [0.717, 1.165) is 11.1 Å². The lowest BCUT2D eigenvalue weighted by atomic mass is 10.0. The number of carbonyl (C=O) groups is 1. The largest absolute Gasteiger partial charge is 0.496 e. The molecule has 0 aliphatic rings. The lowest BCUT2D eigenvalue weighted by Gasteiger charge is -2.11. The van der Waals surface area contributed by atoms with Gasteiger partial charge in [0, 0.05) is 17.3 Å². The van der Waals surface area contributed by atoms with Crippen LogP contribution in [-0.4, -0.2) is 20.2 Å². The van der Waals surface area contributed by atoms with E-state index < -0.39 is 0 Å². The molecule has 0 bridgehead atoms. The fourth-order valence-corrected chi connectivity index (χ4v) is 1.44. The summed E-state index contributed by atoms with van der Waals surface area (Å²) in [6.07, 6.45) is 0.200. The molecule has 0 unspecified atom stereocenters. The second kappa shape index (κ2) is 4.68. The Balaban J connectivity index is 3.09. The summed E-state index contributed by atoms with van der Waals surface area (Å²) in [5, 5.41) is 0. The molecule has 4 heteroatoms. The number of carbonyl (C=O) groups excluding carboxylic acids is 1.